The maximum absolute atomic E-state index is 12.6. The van der Waals surface area contributed by atoms with E-state index in [-0.39, 0.29) is 5.91 Å². The molecule has 3 aromatic rings. The van der Waals surface area contributed by atoms with Crippen LogP contribution in [-0.2, 0) is 11.2 Å². The summed E-state index contributed by atoms with van der Waals surface area (Å²) in [6.45, 7) is 5.40. The van der Waals surface area contributed by atoms with Gasteiger partial charge in [0.25, 0.3) is 0 Å². The monoisotopic (exact) mass is 441 g/mol. The predicted molar refractivity (Wildman–Crippen MR) is 126 cm³/mol. The van der Waals surface area contributed by atoms with E-state index in [4.69, 9.17) is 9.72 Å². The first-order chi connectivity index (χ1) is 14.7. The number of aromatic nitrogens is 1. The molecule has 0 bridgehead atoms. The highest BCUT2D eigenvalue weighted by Gasteiger charge is 2.23. The van der Waals surface area contributed by atoms with Crippen molar-refractivity contribution in [3.63, 3.8) is 0 Å². The Morgan fingerprint density at radius 3 is 2.60 bits per heavy atom. The molecule has 0 unspecified atom stereocenters. The number of rotatable bonds is 7. The Morgan fingerprint density at radius 1 is 1.13 bits per heavy atom. The van der Waals surface area contributed by atoms with Gasteiger partial charge in [-0.3, -0.25) is 4.79 Å². The highest BCUT2D eigenvalue weighted by Crippen LogP contribution is 2.30. The molecule has 7 heteroatoms. The predicted octanol–water partition coefficient (Wildman–Crippen LogP) is 4.70. The number of benzene rings is 2. The molecule has 0 spiro atoms. The number of thioether (sulfide) groups is 1. The first-order valence-corrected chi connectivity index (χ1v) is 12.2. The maximum Gasteiger partial charge on any atom is 0.223 e. The number of ether oxygens (including phenoxy) is 1. The number of carbonyl (C=O) groups excluding carboxylic acids is 1. The molecular formula is C23H27N3O2S2. The number of piperazine rings is 1. The van der Waals surface area contributed by atoms with Gasteiger partial charge in [0.1, 0.15) is 5.75 Å². The highest BCUT2D eigenvalue weighted by atomic mass is 32.2. The molecule has 1 aliphatic heterocycles. The van der Waals surface area contributed by atoms with Gasteiger partial charge in [-0.2, -0.15) is 0 Å². The van der Waals surface area contributed by atoms with Crippen LogP contribution in [0.2, 0.25) is 0 Å². The molecule has 0 atom stereocenters. The molecule has 2 heterocycles. The molecule has 1 aromatic heterocycles. The summed E-state index contributed by atoms with van der Waals surface area (Å²) in [5.41, 5.74) is 2.42. The van der Waals surface area contributed by atoms with Crippen molar-refractivity contribution in [2.24, 2.45) is 0 Å². The number of amides is 1. The molecule has 1 amide bonds. The van der Waals surface area contributed by atoms with Gasteiger partial charge < -0.3 is 14.5 Å². The number of fused-ring (bicyclic) bond motifs is 1. The molecule has 1 fully saturated rings. The lowest BCUT2D eigenvalue weighted by atomic mass is 10.2. The lowest BCUT2D eigenvalue weighted by Crippen LogP contribution is -2.48. The van der Waals surface area contributed by atoms with Crippen molar-refractivity contribution in [1.29, 1.82) is 0 Å². The van der Waals surface area contributed by atoms with Crippen LogP contribution in [0.25, 0.3) is 10.2 Å². The van der Waals surface area contributed by atoms with Gasteiger partial charge >= 0.3 is 0 Å². The number of aryl methyl sites for hydroxylation is 1. The molecule has 158 valence electrons. The van der Waals surface area contributed by atoms with Gasteiger partial charge in [-0.15, -0.1) is 11.8 Å². The van der Waals surface area contributed by atoms with Crippen molar-refractivity contribution >= 4 is 44.4 Å². The van der Waals surface area contributed by atoms with E-state index in [1.54, 1.807) is 30.2 Å². The van der Waals surface area contributed by atoms with Gasteiger partial charge in [0.2, 0.25) is 5.91 Å². The van der Waals surface area contributed by atoms with Crippen LogP contribution >= 0.6 is 23.1 Å². The fourth-order valence-electron chi connectivity index (χ4n) is 3.55. The molecule has 1 saturated heterocycles. The largest absolute Gasteiger partial charge is 0.497 e. The smallest absolute Gasteiger partial charge is 0.223 e. The Kier molecular flexibility index (Phi) is 6.79. The zero-order valence-corrected chi connectivity index (χ0v) is 19.1. The average Bonchev–Trinajstić information content (AvgIpc) is 3.23. The van der Waals surface area contributed by atoms with E-state index < -0.39 is 0 Å². The minimum atomic E-state index is 0.243. The summed E-state index contributed by atoms with van der Waals surface area (Å²) in [7, 11) is 1.67. The van der Waals surface area contributed by atoms with Crippen LogP contribution in [0.15, 0.2) is 47.4 Å². The zero-order valence-electron chi connectivity index (χ0n) is 17.5. The van der Waals surface area contributed by atoms with Crippen molar-refractivity contribution < 1.29 is 9.53 Å². The van der Waals surface area contributed by atoms with E-state index in [2.05, 4.69) is 30.0 Å². The summed E-state index contributed by atoms with van der Waals surface area (Å²) < 4.78 is 6.43. The maximum atomic E-state index is 12.6. The fraction of sp³-hybridized carbons (Fsp3) is 0.391. The number of hydrogen-bond donors (Lipinski definition) is 0. The Bertz CT molecular complexity index is 995. The molecule has 5 nitrogen and oxygen atoms in total. The lowest BCUT2D eigenvalue weighted by molar-refractivity contribution is -0.131. The normalized spacial score (nSPS) is 14.3. The summed E-state index contributed by atoms with van der Waals surface area (Å²) in [6.07, 6.45) is 1.61. The van der Waals surface area contributed by atoms with Crippen LogP contribution in [0.4, 0.5) is 5.13 Å². The molecule has 2 aromatic carbocycles. The summed E-state index contributed by atoms with van der Waals surface area (Å²) in [5.74, 6) is 1.89. The van der Waals surface area contributed by atoms with Crippen LogP contribution in [0.5, 0.6) is 5.75 Å². The van der Waals surface area contributed by atoms with E-state index in [9.17, 15) is 4.79 Å². The van der Waals surface area contributed by atoms with Crippen molar-refractivity contribution in [2.45, 2.75) is 24.7 Å². The average molecular weight is 442 g/mol. The van der Waals surface area contributed by atoms with Crippen LogP contribution in [0.1, 0.15) is 18.9 Å². The standard InChI is InChI=1S/C23H27N3O2S2/c1-3-17-4-9-20-21(16-17)30-23(24-20)26-13-11-25(12-14-26)22(27)10-15-29-19-7-5-18(28-2)6-8-19/h4-9,16H,3,10-15H2,1-2H3. The second-order valence-electron chi connectivity index (χ2n) is 7.29. The second-order valence-corrected chi connectivity index (χ2v) is 9.47. The number of carbonyl (C=O) groups is 1. The molecule has 1 aliphatic rings. The third-order valence-corrected chi connectivity index (χ3v) is 7.49. The second kappa shape index (κ2) is 9.71. The van der Waals surface area contributed by atoms with Gasteiger partial charge in [-0.05, 0) is 48.4 Å². The van der Waals surface area contributed by atoms with E-state index in [1.165, 1.54) is 10.3 Å². The van der Waals surface area contributed by atoms with Crippen molar-refractivity contribution in [2.75, 3.05) is 43.9 Å². The summed E-state index contributed by atoms with van der Waals surface area (Å²) in [5, 5.41) is 1.07. The van der Waals surface area contributed by atoms with E-state index in [1.807, 2.05) is 29.2 Å². The number of nitrogens with zero attached hydrogens (tertiary/aromatic N) is 3. The fourth-order valence-corrected chi connectivity index (χ4v) is 5.47. The minimum absolute atomic E-state index is 0.243. The van der Waals surface area contributed by atoms with E-state index in [0.29, 0.717) is 6.42 Å². The number of methoxy groups -OCH3 is 1. The Hall–Kier alpha value is -2.25. The van der Waals surface area contributed by atoms with Crippen molar-refractivity contribution in [3.05, 3.63) is 48.0 Å². The van der Waals surface area contributed by atoms with Crippen LogP contribution in [-0.4, -0.2) is 54.8 Å². The summed E-state index contributed by atoms with van der Waals surface area (Å²) in [6, 6.07) is 14.5. The molecule has 4 rings (SSSR count). The quantitative estimate of drug-likeness (QED) is 0.498. The number of anilines is 1. The molecular weight excluding hydrogens is 414 g/mol. The third-order valence-electron chi connectivity index (χ3n) is 5.40. The zero-order chi connectivity index (χ0) is 20.9. The first-order valence-electron chi connectivity index (χ1n) is 10.4. The number of hydrogen-bond acceptors (Lipinski definition) is 6. The lowest BCUT2D eigenvalue weighted by Gasteiger charge is -2.34. The van der Waals surface area contributed by atoms with Gasteiger partial charge in [-0.1, -0.05) is 24.3 Å². The molecule has 0 N–H and O–H groups in total. The third kappa shape index (κ3) is 4.90. The number of thiazole rings is 1. The van der Waals surface area contributed by atoms with E-state index in [0.717, 1.165) is 59.6 Å². The molecule has 0 radical (unpaired) electrons. The van der Waals surface area contributed by atoms with Gasteiger partial charge in [0.05, 0.1) is 17.3 Å². The molecule has 0 saturated carbocycles. The minimum Gasteiger partial charge on any atom is -0.497 e. The SMILES string of the molecule is CCc1ccc2nc(N3CCN(C(=O)CCSc4ccc(OC)cc4)CC3)sc2c1. The van der Waals surface area contributed by atoms with E-state index >= 15 is 0 Å². The van der Waals surface area contributed by atoms with Crippen molar-refractivity contribution in [1.82, 2.24) is 9.88 Å². The summed E-state index contributed by atoms with van der Waals surface area (Å²) >= 11 is 3.47. The van der Waals surface area contributed by atoms with Crippen LogP contribution in [0, 0.1) is 0 Å². The van der Waals surface area contributed by atoms with Crippen LogP contribution < -0.4 is 9.64 Å². The van der Waals surface area contributed by atoms with Gasteiger partial charge in [0, 0.05) is 43.2 Å². The Morgan fingerprint density at radius 2 is 1.90 bits per heavy atom. The Labute approximate surface area is 186 Å². The topological polar surface area (TPSA) is 45.7 Å². The Balaban J connectivity index is 1.26. The van der Waals surface area contributed by atoms with Gasteiger partial charge in [-0.25, -0.2) is 4.98 Å². The van der Waals surface area contributed by atoms with Crippen LogP contribution in [0.3, 0.4) is 0 Å². The first kappa shape index (κ1) is 21.0. The summed E-state index contributed by atoms with van der Waals surface area (Å²) in [4.78, 5) is 22.9. The van der Waals surface area contributed by atoms with Crippen molar-refractivity contribution in [3.8, 4) is 5.75 Å². The molecule has 0 aliphatic carbocycles. The van der Waals surface area contributed by atoms with Gasteiger partial charge in [0.15, 0.2) is 5.13 Å². The highest BCUT2D eigenvalue weighted by molar-refractivity contribution is 7.99. The molecule has 30 heavy (non-hydrogen) atoms.